The summed E-state index contributed by atoms with van der Waals surface area (Å²) in [5, 5.41) is 0. The Morgan fingerprint density at radius 2 is 2.07 bits per heavy atom. The zero-order chi connectivity index (χ0) is 19.0. The molecule has 4 heteroatoms. The van der Waals surface area contributed by atoms with Crippen molar-refractivity contribution in [2.24, 2.45) is 0 Å². The molecule has 2 aromatic heterocycles. The van der Waals surface area contributed by atoms with Crippen LogP contribution in [0.3, 0.4) is 0 Å². The number of nitrogens with zero attached hydrogens (tertiary/aromatic N) is 2. The molecule has 0 saturated heterocycles. The Morgan fingerprint density at radius 1 is 1.22 bits per heavy atom. The molecule has 4 heterocycles. The van der Waals surface area contributed by atoms with Crippen LogP contribution < -0.4 is 4.74 Å². The van der Waals surface area contributed by atoms with Crippen molar-refractivity contribution in [3.05, 3.63) is 52.6 Å². The van der Waals surface area contributed by atoms with Crippen LogP contribution in [-0.2, 0) is 29.6 Å². The van der Waals surface area contributed by atoms with Gasteiger partial charge in [0.25, 0.3) is 0 Å². The maximum atomic E-state index is 6.21. The van der Waals surface area contributed by atoms with Crippen LogP contribution in [0.4, 0.5) is 0 Å². The highest BCUT2D eigenvalue weighted by molar-refractivity contribution is 5.40. The Labute approximate surface area is 162 Å². The highest BCUT2D eigenvalue weighted by atomic mass is 16.5. The van der Waals surface area contributed by atoms with Gasteiger partial charge in [-0.2, -0.15) is 0 Å². The number of aromatic nitrogens is 2. The van der Waals surface area contributed by atoms with Gasteiger partial charge >= 0.3 is 0 Å². The van der Waals surface area contributed by atoms with Gasteiger partial charge in [0.05, 0.1) is 25.0 Å². The minimum atomic E-state index is 0.119. The summed E-state index contributed by atoms with van der Waals surface area (Å²) in [5.41, 5.74) is 6.21. The summed E-state index contributed by atoms with van der Waals surface area (Å²) in [5.74, 6) is 1.39. The van der Waals surface area contributed by atoms with E-state index in [1.54, 1.807) is 0 Å². The van der Waals surface area contributed by atoms with Gasteiger partial charge < -0.3 is 9.47 Å². The van der Waals surface area contributed by atoms with Gasteiger partial charge in [-0.05, 0) is 53.9 Å². The third-order valence-corrected chi connectivity index (χ3v) is 5.78. The zero-order valence-corrected chi connectivity index (χ0v) is 16.9. The molecule has 0 aromatic carbocycles. The maximum absolute atomic E-state index is 6.21. The predicted molar refractivity (Wildman–Crippen MR) is 106 cm³/mol. The highest BCUT2D eigenvalue weighted by Crippen LogP contribution is 2.36. The van der Waals surface area contributed by atoms with Gasteiger partial charge in [-0.15, -0.1) is 0 Å². The third kappa shape index (κ3) is 3.86. The van der Waals surface area contributed by atoms with Crippen molar-refractivity contribution in [2.75, 3.05) is 6.61 Å². The molecule has 0 fully saturated rings. The Bertz CT molecular complexity index is 826. The molecule has 0 aliphatic carbocycles. The summed E-state index contributed by atoms with van der Waals surface area (Å²) in [6, 6.07) is 4.38. The summed E-state index contributed by atoms with van der Waals surface area (Å²) < 4.78 is 12.2. The fourth-order valence-electron chi connectivity index (χ4n) is 4.07. The van der Waals surface area contributed by atoms with E-state index in [2.05, 4.69) is 44.8 Å². The monoisotopic (exact) mass is 366 g/mol. The Kier molecular flexibility index (Phi) is 4.94. The molecule has 0 saturated carbocycles. The summed E-state index contributed by atoms with van der Waals surface area (Å²) in [7, 11) is 0. The standard InChI is InChI=1S/C23H30N2O2/c1-15(19-7-8-24-20-6-5-9-26-22(19)20)10-18-12-21-16(14-27-18)11-17(13-25-21)23(2,3)4/h7-8,11,13,15,18H,5-6,9-10,12,14H2,1-4H3. The fourth-order valence-corrected chi connectivity index (χ4v) is 4.07. The first kappa shape index (κ1) is 18.4. The molecule has 0 spiro atoms. The molecule has 4 rings (SSSR count). The largest absolute Gasteiger partial charge is 0.491 e. The van der Waals surface area contributed by atoms with Crippen molar-refractivity contribution in [1.29, 1.82) is 0 Å². The van der Waals surface area contributed by atoms with Gasteiger partial charge in [-0.3, -0.25) is 9.97 Å². The molecule has 2 aliphatic heterocycles. The Hall–Kier alpha value is -1.94. The lowest BCUT2D eigenvalue weighted by Crippen LogP contribution is -2.26. The van der Waals surface area contributed by atoms with Gasteiger partial charge in [-0.1, -0.05) is 27.7 Å². The summed E-state index contributed by atoms with van der Waals surface area (Å²) in [6.45, 7) is 10.4. The normalized spacial score (nSPS) is 20.4. The minimum Gasteiger partial charge on any atom is -0.491 e. The van der Waals surface area contributed by atoms with Gasteiger partial charge in [0, 0.05) is 30.1 Å². The third-order valence-electron chi connectivity index (χ3n) is 5.78. The number of pyridine rings is 2. The number of rotatable bonds is 3. The lowest BCUT2D eigenvalue weighted by atomic mass is 9.86. The Balaban J connectivity index is 1.47. The summed E-state index contributed by atoms with van der Waals surface area (Å²) in [4.78, 5) is 9.27. The van der Waals surface area contributed by atoms with Crippen LogP contribution in [0.1, 0.15) is 74.5 Å². The second-order valence-corrected chi connectivity index (χ2v) is 8.98. The van der Waals surface area contributed by atoms with Gasteiger partial charge in [0.15, 0.2) is 0 Å². The van der Waals surface area contributed by atoms with Crippen molar-refractivity contribution in [2.45, 2.75) is 77.4 Å². The van der Waals surface area contributed by atoms with Crippen LogP contribution >= 0.6 is 0 Å². The molecule has 0 amide bonds. The smallest absolute Gasteiger partial charge is 0.144 e. The molecule has 0 N–H and O–H groups in total. The van der Waals surface area contributed by atoms with E-state index >= 15 is 0 Å². The topological polar surface area (TPSA) is 44.2 Å². The molecule has 4 nitrogen and oxygen atoms in total. The van der Waals surface area contributed by atoms with Crippen LogP contribution in [0.15, 0.2) is 24.5 Å². The van der Waals surface area contributed by atoms with Gasteiger partial charge in [0.2, 0.25) is 0 Å². The zero-order valence-electron chi connectivity index (χ0n) is 16.9. The van der Waals surface area contributed by atoms with Gasteiger partial charge in [-0.25, -0.2) is 0 Å². The molecular formula is C23H30N2O2. The number of hydrogen-bond acceptors (Lipinski definition) is 4. The number of aryl methyl sites for hydroxylation is 1. The van der Waals surface area contributed by atoms with E-state index in [-0.39, 0.29) is 11.5 Å². The molecule has 2 atom stereocenters. The summed E-state index contributed by atoms with van der Waals surface area (Å²) in [6.07, 6.45) is 8.10. The first-order valence-electron chi connectivity index (χ1n) is 10.1. The molecule has 27 heavy (non-hydrogen) atoms. The average molecular weight is 367 g/mol. The van der Waals surface area contributed by atoms with Crippen LogP contribution in [0, 0.1) is 0 Å². The summed E-state index contributed by atoms with van der Waals surface area (Å²) >= 11 is 0. The first-order valence-corrected chi connectivity index (χ1v) is 10.1. The van der Waals surface area contributed by atoms with E-state index in [0.29, 0.717) is 12.5 Å². The van der Waals surface area contributed by atoms with E-state index in [1.807, 2.05) is 12.4 Å². The van der Waals surface area contributed by atoms with Crippen molar-refractivity contribution in [3.63, 3.8) is 0 Å². The number of hydrogen-bond donors (Lipinski definition) is 0. The van der Waals surface area contributed by atoms with Crippen molar-refractivity contribution in [3.8, 4) is 5.75 Å². The second-order valence-electron chi connectivity index (χ2n) is 8.98. The Morgan fingerprint density at radius 3 is 2.89 bits per heavy atom. The molecular weight excluding hydrogens is 336 g/mol. The predicted octanol–water partition coefficient (Wildman–Crippen LogP) is 4.73. The van der Waals surface area contributed by atoms with E-state index < -0.39 is 0 Å². The second kappa shape index (κ2) is 7.23. The number of fused-ring (bicyclic) bond motifs is 2. The molecule has 2 unspecified atom stereocenters. The number of ether oxygens (including phenoxy) is 2. The quantitative estimate of drug-likeness (QED) is 0.787. The van der Waals surface area contributed by atoms with Gasteiger partial charge in [0.1, 0.15) is 5.75 Å². The molecule has 0 bridgehead atoms. The molecule has 2 aliphatic rings. The van der Waals surface area contributed by atoms with Crippen LogP contribution in [0.5, 0.6) is 5.75 Å². The maximum Gasteiger partial charge on any atom is 0.144 e. The molecule has 0 radical (unpaired) electrons. The highest BCUT2D eigenvalue weighted by Gasteiger charge is 2.27. The van der Waals surface area contributed by atoms with Crippen LogP contribution in [-0.4, -0.2) is 22.7 Å². The molecule has 144 valence electrons. The van der Waals surface area contributed by atoms with Crippen LogP contribution in [0.2, 0.25) is 0 Å². The van der Waals surface area contributed by atoms with E-state index in [9.17, 15) is 0 Å². The van der Waals surface area contributed by atoms with Crippen molar-refractivity contribution >= 4 is 0 Å². The SMILES string of the molecule is CC(CC1Cc2ncc(C(C)(C)C)cc2CO1)c1ccnc2c1OCCC2. The first-order chi connectivity index (χ1) is 12.9. The fraction of sp³-hybridized carbons (Fsp3) is 0.565. The van der Waals surface area contributed by atoms with E-state index in [0.717, 1.165) is 43.7 Å². The average Bonchev–Trinajstić information content (AvgIpc) is 2.66. The minimum absolute atomic E-state index is 0.119. The van der Waals surface area contributed by atoms with Crippen molar-refractivity contribution < 1.29 is 9.47 Å². The van der Waals surface area contributed by atoms with E-state index in [4.69, 9.17) is 14.5 Å². The lowest BCUT2D eigenvalue weighted by molar-refractivity contribution is 0.0181. The lowest BCUT2D eigenvalue weighted by Gasteiger charge is -2.29. The molecule has 2 aromatic rings. The van der Waals surface area contributed by atoms with Crippen molar-refractivity contribution in [1.82, 2.24) is 9.97 Å². The van der Waals surface area contributed by atoms with E-state index in [1.165, 1.54) is 22.4 Å². The van der Waals surface area contributed by atoms with Crippen LogP contribution in [0.25, 0.3) is 0 Å².